The van der Waals surface area contributed by atoms with Gasteiger partial charge in [-0.3, -0.25) is 19.2 Å². The first-order valence-electron chi connectivity index (χ1n) is 17.4. The summed E-state index contributed by atoms with van der Waals surface area (Å²) in [6.45, 7) is 7.44. The van der Waals surface area contributed by atoms with Crippen LogP contribution in [0.5, 0.6) is 0 Å². The third kappa shape index (κ3) is 4.87. The molecule has 4 aromatic rings. The normalized spacial score (nSPS) is 21.9. The van der Waals surface area contributed by atoms with Gasteiger partial charge in [-0.25, -0.2) is 27.5 Å². The molecular weight excluding hydrogens is 769 g/mol. The Bertz CT molecular complexity index is 2570. The maximum atomic E-state index is 13.9. The smallest absolute Gasteiger partial charge is 0.197 e. The highest BCUT2D eigenvalue weighted by Gasteiger charge is 2.45. The Kier molecular flexibility index (Phi) is 7.02. The van der Waals surface area contributed by atoms with Crippen LogP contribution in [0.4, 0.5) is 17.6 Å². The number of Topliss-reactive ketones (excluding diaryl/α,β-unsaturated/α-hetero) is 4. The van der Waals surface area contributed by atoms with Crippen molar-refractivity contribution in [2.24, 2.45) is 11.8 Å². The number of allylic oxidation sites excluding steroid dienone is 8. The molecule has 4 aliphatic carbocycles. The molecule has 0 fully saturated rings. The minimum Gasteiger partial charge on any atom is -0.481 e. The first-order chi connectivity index (χ1) is 26.5. The summed E-state index contributed by atoms with van der Waals surface area (Å²) in [6.07, 6.45) is 10.9. The summed E-state index contributed by atoms with van der Waals surface area (Å²) in [5.74, 6) is -6.78. The largest absolute Gasteiger partial charge is 0.481 e. The molecule has 0 radical (unpaired) electrons. The molecule has 2 atom stereocenters. The molecule has 6 aliphatic rings. The number of carbonyl (C=O) groups is 4. The van der Waals surface area contributed by atoms with Crippen molar-refractivity contribution in [1.82, 2.24) is 9.97 Å². The monoisotopic (exact) mass is 792 g/mol. The molecule has 56 heavy (non-hydrogen) atoms. The first-order valence-corrected chi connectivity index (χ1v) is 19.0. The van der Waals surface area contributed by atoms with Crippen molar-refractivity contribution < 1.29 is 46.2 Å². The van der Waals surface area contributed by atoms with Gasteiger partial charge in [-0.15, -0.1) is 22.7 Å². The van der Waals surface area contributed by atoms with E-state index in [0.717, 1.165) is 45.2 Å². The summed E-state index contributed by atoms with van der Waals surface area (Å²) in [5, 5.41) is 0.714. The van der Waals surface area contributed by atoms with Gasteiger partial charge in [0.15, 0.2) is 46.4 Å². The number of ketones is 4. The summed E-state index contributed by atoms with van der Waals surface area (Å²) in [6, 6.07) is 2.97. The van der Waals surface area contributed by atoms with Crippen molar-refractivity contribution in [1.29, 1.82) is 0 Å². The molecule has 278 valence electrons. The highest BCUT2D eigenvalue weighted by Crippen LogP contribution is 2.54. The Labute approximate surface area is 322 Å². The van der Waals surface area contributed by atoms with Crippen LogP contribution in [0.15, 0.2) is 71.2 Å². The molecule has 14 heteroatoms. The fourth-order valence-electron chi connectivity index (χ4n) is 7.94. The number of fused-ring (bicyclic) bond motifs is 9. The zero-order valence-corrected chi connectivity index (χ0v) is 31.2. The number of carbonyl (C=O) groups excluding carboxylic acids is 4. The maximum absolute atomic E-state index is 13.9. The van der Waals surface area contributed by atoms with Crippen LogP contribution in [-0.2, 0) is 20.7 Å². The van der Waals surface area contributed by atoms with E-state index in [1.165, 1.54) is 34.8 Å². The molecule has 0 saturated carbocycles. The van der Waals surface area contributed by atoms with Crippen LogP contribution >= 0.6 is 22.7 Å². The van der Waals surface area contributed by atoms with Crippen LogP contribution in [0.25, 0.3) is 23.3 Å². The molecule has 10 rings (SSSR count). The molecule has 2 unspecified atom stereocenters. The second-order valence-electron chi connectivity index (χ2n) is 15.1. The maximum Gasteiger partial charge on any atom is 0.197 e. The van der Waals surface area contributed by atoms with Gasteiger partial charge in [0, 0.05) is 45.2 Å². The standard InChI is InChI=1S/C42H24F4N2O6S2/c1-41(2)39-37(55-31(47-39)13-23-33(49)17-9-25(43)26(44)10-18(17)34(23)50)21-5-16-8-30-22(6-15(16)7-29(21)53-41)38-40(42(3,4)54-30)48-32(56-38)14-24-35(51)19-11-27(45)28(46)12-20(19)36(24)52/h5-16H,1-4H3. The molecule has 2 aromatic heterocycles. The van der Waals surface area contributed by atoms with Crippen molar-refractivity contribution in [3.8, 4) is 0 Å². The lowest BCUT2D eigenvalue weighted by Gasteiger charge is -2.40. The van der Waals surface area contributed by atoms with Crippen molar-refractivity contribution in [2.45, 2.75) is 38.9 Å². The zero-order valence-electron chi connectivity index (χ0n) is 29.6. The lowest BCUT2D eigenvalue weighted by atomic mass is 9.77. The number of rotatable bonds is 2. The number of halogens is 4. The van der Waals surface area contributed by atoms with Gasteiger partial charge in [0.1, 0.15) is 44.1 Å². The summed E-state index contributed by atoms with van der Waals surface area (Å²) in [5.41, 5.74) is -0.270. The molecule has 4 heterocycles. The molecule has 0 amide bonds. The number of thiazole rings is 2. The highest BCUT2D eigenvalue weighted by atomic mass is 32.1. The van der Waals surface area contributed by atoms with Crippen LogP contribution in [0.3, 0.4) is 0 Å². The van der Waals surface area contributed by atoms with E-state index in [1.807, 2.05) is 39.8 Å². The summed E-state index contributed by atoms with van der Waals surface area (Å²) < 4.78 is 68.8. The minimum absolute atomic E-state index is 0.175. The van der Waals surface area contributed by atoms with Gasteiger partial charge in [-0.05, 0) is 76.3 Å². The number of hydrogen-bond acceptors (Lipinski definition) is 10. The molecule has 0 saturated heterocycles. The fraction of sp³-hybridized carbons (Fsp3) is 0.190. The Morgan fingerprint density at radius 1 is 0.554 bits per heavy atom. The summed E-state index contributed by atoms with van der Waals surface area (Å²) in [4.78, 5) is 63.5. The van der Waals surface area contributed by atoms with E-state index in [2.05, 4.69) is 12.2 Å². The minimum atomic E-state index is -1.21. The number of hydrogen-bond donors (Lipinski definition) is 0. The van der Waals surface area contributed by atoms with E-state index in [0.29, 0.717) is 32.9 Å². The second kappa shape index (κ2) is 11.4. The van der Waals surface area contributed by atoms with Crippen LogP contribution < -0.4 is 0 Å². The lowest BCUT2D eigenvalue weighted by molar-refractivity contribution is 0.0279. The third-order valence-electron chi connectivity index (χ3n) is 10.6. The topological polar surface area (TPSA) is 113 Å². The van der Waals surface area contributed by atoms with Gasteiger partial charge in [0.05, 0.1) is 20.9 Å². The Hall–Kier alpha value is -5.86. The molecule has 2 aromatic carbocycles. The van der Waals surface area contributed by atoms with Gasteiger partial charge in [0.2, 0.25) is 0 Å². The van der Waals surface area contributed by atoms with E-state index in [4.69, 9.17) is 19.4 Å². The van der Waals surface area contributed by atoms with Crippen LogP contribution in [0.1, 0.15) is 100 Å². The molecular formula is C42H24F4N2O6S2. The van der Waals surface area contributed by atoms with Gasteiger partial charge in [-0.1, -0.05) is 12.2 Å². The Morgan fingerprint density at radius 2 is 0.875 bits per heavy atom. The van der Waals surface area contributed by atoms with Gasteiger partial charge in [0.25, 0.3) is 0 Å². The zero-order chi connectivity index (χ0) is 39.3. The number of benzene rings is 2. The fourth-order valence-corrected chi connectivity index (χ4v) is 10.3. The lowest BCUT2D eigenvalue weighted by Crippen LogP contribution is -2.32. The summed E-state index contributed by atoms with van der Waals surface area (Å²) >= 11 is 2.54. The Balaban J connectivity index is 0.994. The first kappa shape index (κ1) is 34.6. The predicted octanol–water partition coefficient (Wildman–Crippen LogP) is 9.11. The molecule has 2 aliphatic heterocycles. The third-order valence-corrected chi connectivity index (χ3v) is 12.7. The van der Waals surface area contributed by atoms with Gasteiger partial charge in [-0.2, -0.15) is 0 Å². The van der Waals surface area contributed by atoms with E-state index in [9.17, 15) is 36.7 Å². The summed E-state index contributed by atoms with van der Waals surface area (Å²) in [7, 11) is 0. The molecule has 0 spiro atoms. The number of aromatic nitrogens is 2. The van der Waals surface area contributed by atoms with Crippen LogP contribution in [0, 0.1) is 35.1 Å². The van der Waals surface area contributed by atoms with E-state index in [-0.39, 0.29) is 45.2 Å². The average molecular weight is 793 g/mol. The SMILES string of the molecule is CC1(C)OC2=CC3C=C4C(=CC3C=C2c2sc(C=C3C(=O)c5cc(F)c(F)cc5C3=O)nc21)OC(C)(C)c1nc(C=C2C(=O)c3cc(F)c(F)cc3C2=O)sc14. The number of ether oxygens (including phenoxy) is 2. The van der Waals surface area contributed by atoms with Gasteiger partial charge < -0.3 is 9.47 Å². The number of nitrogens with zero attached hydrogens (tertiary/aromatic N) is 2. The van der Waals surface area contributed by atoms with E-state index >= 15 is 0 Å². The quantitative estimate of drug-likeness (QED) is 0.112. The van der Waals surface area contributed by atoms with Crippen LogP contribution in [0.2, 0.25) is 0 Å². The van der Waals surface area contributed by atoms with Crippen molar-refractivity contribution >= 4 is 69.1 Å². The van der Waals surface area contributed by atoms with Crippen molar-refractivity contribution in [3.05, 3.63) is 148 Å². The second-order valence-corrected chi connectivity index (χ2v) is 17.2. The molecule has 0 N–H and O–H groups in total. The van der Waals surface area contributed by atoms with Crippen molar-refractivity contribution in [3.63, 3.8) is 0 Å². The Morgan fingerprint density at radius 3 is 1.20 bits per heavy atom. The van der Waals surface area contributed by atoms with E-state index in [1.54, 1.807) is 0 Å². The van der Waals surface area contributed by atoms with Gasteiger partial charge >= 0.3 is 0 Å². The predicted molar refractivity (Wildman–Crippen MR) is 198 cm³/mol. The molecule has 8 nitrogen and oxygen atoms in total. The van der Waals surface area contributed by atoms with Crippen molar-refractivity contribution in [2.75, 3.05) is 0 Å². The highest BCUT2D eigenvalue weighted by molar-refractivity contribution is 7.14. The van der Waals surface area contributed by atoms with E-state index < -0.39 is 57.6 Å². The molecule has 0 bridgehead atoms. The van der Waals surface area contributed by atoms with Crippen LogP contribution in [-0.4, -0.2) is 33.1 Å². The average Bonchev–Trinajstić information content (AvgIpc) is 3.87.